The van der Waals surface area contributed by atoms with Crippen LogP contribution in [0.5, 0.6) is 0 Å². The van der Waals surface area contributed by atoms with Crippen molar-refractivity contribution in [3.8, 4) is 5.69 Å². The Morgan fingerprint density at radius 2 is 1.94 bits per heavy atom. The Labute approximate surface area is 182 Å². The van der Waals surface area contributed by atoms with Crippen LogP contribution in [0.3, 0.4) is 0 Å². The number of aromatic nitrogens is 4. The van der Waals surface area contributed by atoms with Crippen molar-refractivity contribution in [2.24, 2.45) is 12.2 Å². The standard InChI is InChI=1S/C22H22F3N5O2/c1-3-19(15-6-4-7-16(12-15)22(23,24)25)26-32-13-18-17(14-10-11-14)8-5-9-20(18)30-21(31)29(2)27-28-30/h4-9,12,14H,3,10-11,13H2,1-2H3. The van der Waals surface area contributed by atoms with Crippen molar-refractivity contribution in [2.75, 3.05) is 0 Å². The van der Waals surface area contributed by atoms with Gasteiger partial charge in [0.05, 0.1) is 17.0 Å². The van der Waals surface area contributed by atoms with Gasteiger partial charge in [0.25, 0.3) is 0 Å². The SMILES string of the molecule is CCC(=NOCc1c(C2CC2)cccc1-n1nnn(C)c1=O)c1cccc(C(F)(F)F)c1. The third-order valence-electron chi connectivity index (χ3n) is 5.40. The maximum Gasteiger partial charge on any atom is 0.416 e. The smallest absolute Gasteiger partial charge is 0.391 e. The Morgan fingerprint density at radius 1 is 1.19 bits per heavy atom. The molecule has 0 bridgehead atoms. The molecule has 10 heteroatoms. The van der Waals surface area contributed by atoms with E-state index in [1.165, 1.54) is 17.8 Å². The minimum Gasteiger partial charge on any atom is -0.391 e. The summed E-state index contributed by atoms with van der Waals surface area (Å²) < 4.78 is 41.5. The first-order valence-corrected chi connectivity index (χ1v) is 10.3. The number of alkyl halides is 3. The van der Waals surface area contributed by atoms with Crippen LogP contribution in [0, 0.1) is 0 Å². The fraction of sp³-hybridized carbons (Fsp3) is 0.364. The molecule has 7 nitrogen and oxygen atoms in total. The number of tetrazole rings is 1. The molecule has 168 valence electrons. The number of benzene rings is 2. The van der Waals surface area contributed by atoms with Gasteiger partial charge in [-0.05, 0) is 64.9 Å². The summed E-state index contributed by atoms with van der Waals surface area (Å²) in [6.45, 7) is 1.85. The van der Waals surface area contributed by atoms with Crippen molar-refractivity contribution in [3.63, 3.8) is 0 Å². The zero-order chi connectivity index (χ0) is 22.9. The van der Waals surface area contributed by atoms with Crippen molar-refractivity contribution < 1.29 is 18.0 Å². The lowest BCUT2D eigenvalue weighted by Crippen LogP contribution is -2.23. The van der Waals surface area contributed by atoms with Gasteiger partial charge < -0.3 is 4.84 Å². The van der Waals surface area contributed by atoms with Crippen molar-refractivity contribution in [1.29, 1.82) is 0 Å². The normalized spacial score (nSPS) is 14.6. The molecular weight excluding hydrogens is 423 g/mol. The van der Waals surface area contributed by atoms with Gasteiger partial charge in [0.1, 0.15) is 6.61 Å². The fourth-order valence-electron chi connectivity index (χ4n) is 3.56. The molecule has 4 rings (SSSR count). The minimum atomic E-state index is -4.43. The van der Waals surface area contributed by atoms with Gasteiger partial charge >= 0.3 is 11.9 Å². The quantitative estimate of drug-likeness (QED) is 0.404. The van der Waals surface area contributed by atoms with E-state index < -0.39 is 11.7 Å². The van der Waals surface area contributed by atoms with Gasteiger partial charge in [-0.25, -0.2) is 4.79 Å². The van der Waals surface area contributed by atoms with Crippen molar-refractivity contribution in [2.45, 2.75) is 44.9 Å². The fourth-order valence-corrected chi connectivity index (χ4v) is 3.56. The van der Waals surface area contributed by atoms with Gasteiger partial charge in [-0.2, -0.15) is 22.5 Å². The summed E-state index contributed by atoms with van der Waals surface area (Å²) in [5, 5.41) is 11.8. The van der Waals surface area contributed by atoms with Gasteiger partial charge in [-0.1, -0.05) is 36.3 Å². The van der Waals surface area contributed by atoms with Crippen LogP contribution in [-0.4, -0.2) is 25.5 Å². The first-order valence-electron chi connectivity index (χ1n) is 10.3. The van der Waals surface area contributed by atoms with E-state index in [0.29, 0.717) is 29.3 Å². The summed E-state index contributed by atoms with van der Waals surface area (Å²) in [7, 11) is 1.51. The lowest BCUT2D eigenvalue weighted by atomic mass is 10.0. The third-order valence-corrected chi connectivity index (χ3v) is 5.40. The van der Waals surface area contributed by atoms with Crippen LogP contribution in [0.2, 0.25) is 0 Å². The minimum absolute atomic E-state index is 0.0491. The molecule has 0 aliphatic heterocycles. The molecule has 1 aliphatic rings. The molecule has 0 amide bonds. The summed E-state index contributed by atoms with van der Waals surface area (Å²) in [5.74, 6) is 0.374. The highest BCUT2D eigenvalue weighted by Crippen LogP contribution is 2.43. The number of halogens is 3. The first kappa shape index (κ1) is 21.8. The Balaban J connectivity index is 1.64. The molecule has 0 radical (unpaired) electrons. The van der Waals surface area contributed by atoms with Gasteiger partial charge in [-0.3, -0.25) is 0 Å². The zero-order valence-electron chi connectivity index (χ0n) is 17.6. The number of nitrogens with zero attached hydrogens (tertiary/aromatic N) is 5. The molecule has 2 aromatic carbocycles. The molecule has 1 saturated carbocycles. The van der Waals surface area contributed by atoms with Crippen LogP contribution in [0.4, 0.5) is 13.2 Å². The molecule has 0 N–H and O–H groups in total. The predicted molar refractivity (Wildman–Crippen MR) is 112 cm³/mol. The van der Waals surface area contributed by atoms with Crippen LogP contribution in [0.1, 0.15) is 54.4 Å². The predicted octanol–water partition coefficient (Wildman–Crippen LogP) is 4.19. The van der Waals surface area contributed by atoms with Crippen molar-refractivity contribution >= 4 is 5.71 Å². The summed E-state index contributed by atoms with van der Waals surface area (Å²) in [5.41, 5.74) is 2.00. The van der Waals surface area contributed by atoms with E-state index in [1.54, 1.807) is 19.1 Å². The van der Waals surface area contributed by atoms with Gasteiger partial charge in [-0.15, -0.1) is 0 Å². The topological polar surface area (TPSA) is 74.3 Å². The number of hydrogen-bond donors (Lipinski definition) is 0. The van der Waals surface area contributed by atoms with E-state index in [1.807, 2.05) is 12.1 Å². The number of rotatable bonds is 7. The summed E-state index contributed by atoms with van der Waals surface area (Å²) >= 11 is 0. The lowest BCUT2D eigenvalue weighted by Gasteiger charge is -2.13. The molecule has 1 heterocycles. The molecule has 0 atom stereocenters. The van der Waals surface area contributed by atoms with E-state index >= 15 is 0 Å². The van der Waals surface area contributed by atoms with E-state index in [9.17, 15) is 18.0 Å². The monoisotopic (exact) mass is 445 g/mol. The van der Waals surface area contributed by atoms with Crippen LogP contribution in [0.25, 0.3) is 5.69 Å². The summed E-state index contributed by atoms with van der Waals surface area (Å²) in [6.07, 6.45) is -1.96. The molecule has 1 fully saturated rings. The maximum absolute atomic E-state index is 13.1. The molecule has 32 heavy (non-hydrogen) atoms. The highest BCUT2D eigenvalue weighted by molar-refractivity contribution is 6.00. The largest absolute Gasteiger partial charge is 0.416 e. The first-order chi connectivity index (χ1) is 15.3. The van der Waals surface area contributed by atoms with Gasteiger partial charge in [0.15, 0.2) is 0 Å². The van der Waals surface area contributed by atoms with Crippen LogP contribution in [-0.2, 0) is 24.7 Å². The molecule has 3 aromatic rings. The van der Waals surface area contributed by atoms with Crippen molar-refractivity contribution in [1.82, 2.24) is 19.8 Å². The Kier molecular flexibility index (Phi) is 5.86. The molecule has 1 aliphatic carbocycles. The maximum atomic E-state index is 13.1. The molecule has 0 saturated heterocycles. The third kappa shape index (κ3) is 4.44. The zero-order valence-corrected chi connectivity index (χ0v) is 17.6. The van der Waals surface area contributed by atoms with Crippen LogP contribution < -0.4 is 5.69 Å². The summed E-state index contributed by atoms with van der Waals surface area (Å²) in [6, 6.07) is 10.6. The van der Waals surface area contributed by atoms with Crippen molar-refractivity contribution in [3.05, 3.63) is 75.2 Å². The van der Waals surface area contributed by atoms with Crippen LogP contribution in [0.15, 0.2) is 52.4 Å². The van der Waals surface area contributed by atoms with Crippen LogP contribution >= 0.6 is 0 Å². The second kappa shape index (κ2) is 8.60. The second-order valence-corrected chi connectivity index (χ2v) is 7.66. The summed E-state index contributed by atoms with van der Waals surface area (Å²) in [4.78, 5) is 18.0. The van der Waals surface area contributed by atoms with E-state index in [2.05, 4.69) is 15.6 Å². The van der Waals surface area contributed by atoms with E-state index in [-0.39, 0.29) is 12.3 Å². The molecule has 1 aromatic heterocycles. The average Bonchev–Trinajstić information content (AvgIpc) is 3.56. The highest BCUT2D eigenvalue weighted by atomic mass is 19.4. The van der Waals surface area contributed by atoms with Gasteiger partial charge in [0.2, 0.25) is 0 Å². The average molecular weight is 445 g/mol. The second-order valence-electron chi connectivity index (χ2n) is 7.66. The number of hydrogen-bond acceptors (Lipinski definition) is 5. The van der Waals surface area contributed by atoms with E-state index in [0.717, 1.165) is 40.8 Å². The molecule has 0 unspecified atom stereocenters. The Bertz CT molecular complexity index is 1210. The number of oxime groups is 1. The van der Waals surface area contributed by atoms with E-state index in [4.69, 9.17) is 4.84 Å². The highest BCUT2D eigenvalue weighted by Gasteiger charge is 2.31. The molecular formula is C22H22F3N5O2. The Hall–Kier alpha value is -3.43. The Morgan fingerprint density at radius 3 is 2.56 bits per heavy atom. The number of aryl methyl sites for hydroxylation is 1. The molecule has 0 spiro atoms. The van der Waals surface area contributed by atoms with Gasteiger partial charge in [0, 0.05) is 12.6 Å². The lowest BCUT2D eigenvalue weighted by molar-refractivity contribution is -0.137.